The van der Waals surface area contributed by atoms with Crippen molar-refractivity contribution < 1.29 is 24.5 Å². The first kappa shape index (κ1) is 16.1. The van der Waals surface area contributed by atoms with Crippen molar-refractivity contribution in [3.63, 3.8) is 0 Å². The van der Waals surface area contributed by atoms with Gasteiger partial charge in [-0.3, -0.25) is 9.59 Å². The van der Waals surface area contributed by atoms with Crippen LogP contribution in [0.3, 0.4) is 0 Å². The number of benzene rings is 2. The fourth-order valence-electron chi connectivity index (χ4n) is 2.95. The Balaban J connectivity index is 1.62. The number of carbonyl (C=O) groups is 2. The van der Waals surface area contributed by atoms with Gasteiger partial charge < -0.3 is 14.9 Å². The molecule has 0 aliphatic heterocycles. The van der Waals surface area contributed by atoms with Gasteiger partial charge in [-0.25, -0.2) is 0 Å². The van der Waals surface area contributed by atoms with Crippen LogP contribution < -0.4 is 4.74 Å². The number of hydrogen-bond donors (Lipinski definition) is 2. The SMILES string of the molecule is O=C(O)C1CC1(Cc1ccc(OCc2ccccc2)cc1)C(=O)O. The Bertz CT molecular complexity index is 738. The van der Waals surface area contributed by atoms with Gasteiger partial charge in [0.1, 0.15) is 12.4 Å². The summed E-state index contributed by atoms with van der Waals surface area (Å²) in [5.41, 5.74) is 0.694. The lowest BCUT2D eigenvalue weighted by atomic mass is 9.94. The molecule has 0 heterocycles. The standard InChI is InChI=1S/C19H18O5/c20-17(21)16-11-19(16,18(22)23)10-13-6-8-15(9-7-13)24-12-14-4-2-1-3-5-14/h1-9,16H,10-12H2,(H,20,21)(H,22,23). The largest absolute Gasteiger partial charge is 0.489 e. The molecule has 0 bridgehead atoms. The van der Waals surface area contributed by atoms with Gasteiger partial charge in [0.2, 0.25) is 0 Å². The number of aliphatic carboxylic acids is 2. The van der Waals surface area contributed by atoms with Crippen LogP contribution in [0.1, 0.15) is 17.5 Å². The van der Waals surface area contributed by atoms with Crippen LogP contribution >= 0.6 is 0 Å². The third kappa shape index (κ3) is 3.25. The summed E-state index contributed by atoms with van der Waals surface area (Å²) in [6, 6.07) is 16.9. The second-order valence-electron chi connectivity index (χ2n) is 6.15. The van der Waals surface area contributed by atoms with E-state index in [2.05, 4.69) is 0 Å². The second-order valence-corrected chi connectivity index (χ2v) is 6.15. The van der Waals surface area contributed by atoms with Crippen molar-refractivity contribution in [1.29, 1.82) is 0 Å². The maximum Gasteiger partial charge on any atom is 0.310 e. The highest BCUT2D eigenvalue weighted by atomic mass is 16.5. The molecule has 1 fully saturated rings. The van der Waals surface area contributed by atoms with E-state index in [9.17, 15) is 14.7 Å². The van der Waals surface area contributed by atoms with Gasteiger partial charge in [0.15, 0.2) is 0 Å². The topological polar surface area (TPSA) is 83.8 Å². The third-order valence-electron chi connectivity index (χ3n) is 4.49. The summed E-state index contributed by atoms with van der Waals surface area (Å²) in [6.45, 7) is 0.459. The van der Waals surface area contributed by atoms with Crippen molar-refractivity contribution in [2.24, 2.45) is 11.3 Å². The van der Waals surface area contributed by atoms with Crippen molar-refractivity contribution in [2.45, 2.75) is 19.4 Å². The molecule has 1 aliphatic rings. The summed E-state index contributed by atoms with van der Waals surface area (Å²) in [5.74, 6) is -2.19. The average Bonchev–Trinajstić information content (AvgIpc) is 3.31. The molecule has 5 heteroatoms. The zero-order valence-corrected chi connectivity index (χ0v) is 13.0. The predicted molar refractivity (Wildman–Crippen MR) is 86.7 cm³/mol. The molecule has 124 valence electrons. The first-order valence-electron chi connectivity index (χ1n) is 7.73. The number of rotatable bonds is 7. The van der Waals surface area contributed by atoms with Crippen LogP contribution in [0.2, 0.25) is 0 Å². The molecule has 1 saturated carbocycles. The normalized spacial score (nSPS) is 21.9. The maximum absolute atomic E-state index is 11.4. The summed E-state index contributed by atoms with van der Waals surface area (Å²) < 4.78 is 5.69. The summed E-state index contributed by atoms with van der Waals surface area (Å²) in [7, 11) is 0. The minimum absolute atomic E-state index is 0.184. The van der Waals surface area contributed by atoms with Gasteiger partial charge in [0.25, 0.3) is 0 Å². The highest BCUT2D eigenvalue weighted by Crippen LogP contribution is 2.55. The lowest BCUT2D eigenvalue weighted by Crippen LogP contribution is -2.23. The summed E-state index contributed by atoms with van der Waals surface area (Å²) in [4.78, 5) is 22.5. The number of carboxylic acids is 2. The van der Waals surface area contributed by atoms with Crippen LogP contribution in [0.5, 0.6) is 5.75 Å². The van der Waals surface area contributed by atoms with E-state index < -0.39 is 23.3 Å². The van der Waals surface area contributed by atoms with Crippen LogP contribution in [-0.4, -0.2) is 22.2 Å². The van der Waals surface area contributed by atoms with Gasteiger partial charge >= 0.3 is 11.9 Å². The summed E-state index contributed by atoms with van der Waals surface area (Å²) in [5, 5.41) is 18.4. The van der Waals surface area contributed by atoms with Gasteiger partial charge in [-0.1, -0.05) is 42.5 Å². The molecule has 2 atom stereocenters. The van der Waals surface area contributed by atoms with Crippen molar-refractivity contribution in [1.82, 2.24) is 0 Å². The van der Waals surface area contributed by atoms with Gasteiger partial charge in [0, 0.05) is 0 Å². The maximum atomic E-state index is 11.4. The molecule has 0 aromatic heterocycles. The smallest absolute Gasteiger partial charge is 0.310 e. The molecule has 5 nitrogen and oxygen atoms in total. The molecule has 1 aliphatic carbocycles. The molecule has 2 aromatic carbocycles. The van der Waals surface area contributed by atoms with Crippen LogP contribution in [0, 0.1) is 11.3 Å². The zero-order chi connectivity index (χ0) is 17.2. The van der Waals surface area contributed by atoms with E-state index in [0.29, 0.717) is 12.4 Å². The third-order valence-corrected chi connectivity index (χ3v) is 4.49. The molecular weight excluding hydrogens is 308 g/mol. The van der Waals surface area contributed by atoms with E-state index in [1.54, 1.807) is 24.3 Å². The van der Waals surface area contributed by atoms with Gasteiger partial charge in [-0.2, -0.15) is 0 Å². The lowest BCUT2D eigenvalue weighted by Gasteiger charge is -2.12. The fraction of sp³-hybridized carbons (Fsp3) is 0.263. The molecule has 3 rings (SSSR count). The van der Waals surface area contributed by atoms with Crippen LogP contribution in [0.4, 0.5) is 0 Å². The predicted octanol–water partition coefficient (Wildman–Crippen LogP) is 2.98. The molecule has 0 radical (unpaired) electrons. The molecular formula is C19H18O5. The molecule has 2 N–H and O–H groups in total. The Labute approximate surface area is 139 Å². The molecule has 0 spiro atoms. The molecule has 2 aromatic rings. The average molecular weight is 326 g/mol. The van der Waals surface area contributed by atoms with Gasteiger partial charge in [0.05, 0.1) is 11.3 Å². The first-order chi connectivity index (χ1) is 11.5. The number of carboxylic acid groups (broad SMARTS) is 2. The minimum atomic E-state index is -1.17. The van der Waals surface area contributed by atoms with Crippen LogP contribution in [-0.2, 0) is 22.6 Å². The van der Waals surface area contributed by atoms with E-state index in [1.807, 2.05) is 30.3 Å². The highest BCUT2D eigenvalue weighted by molar-refractivity contribution is 5.89. The molecule has 0 saturated heterocycles. The van der Waals surface area contributed by atoms with Gasteiger partial charge in [-0.05, 0) is 36.1 Å². The fourth-order valence-corrected chi connectivity index (χ4v) is 2.95. The zero-order valence-electron chi connectivity index (χ0n) is 13.0. The summed E-state index contributed by atoms with van der Waals surface area (Å²) in [6.07, 6.45) is 0.405. The number of ether oxygens (including phenoxy) is 1. The van der Waals surface area contributed by atoms with E-state index in [-0.39, 0.29) is 12.8 Å². The Morgan fingerprint density at radius 1 is 1.00 bits per heavy atom. The van der Waals surface area contributed by atoms with Crippen molar-refractivity contribution in [3.8, 4) is 5.75 Å². The van der Waals surface area contributed by atoms with Crippen LogP contribution in [0.15, 0.2) is 54.6 Å². The first-order valence-corrected chi connectivity index (χ1v) is 7.73. The van der Waals surface area contributed by atoms with E-state index in [1.165, 1.54) is 0 Å². The van der Waals surface area contributed by atoms with Crippen molar-refractivity contribution >= 4 is 11.9 Å². The Hall–Kier alpha value is -2.82. The quantitative estimate of drug-likeness (QED) is 0.817. The Morgan fingerprint density at radius 2 is 1.67 bits per heavy atom. The minimum Gasteiger partial charge on any atom is -0.489 e. The van der Waals surface area contributed by atoms with E-state index in [4.69, 9.17) is 9.84 Å². The highest BCUT2D eigenvalue weighted by Gasteiger charge is 2.64. The van der Waals surface area contributed by atoms with E-state index >= 15 is 0 Å². The number of hydrogen-bond acceptors (Lipinski definition) is 3. The molecule has 2 unspecified atom stereocenters. The lowest BCUT2D eigenvalue weighted by molar-refractivity contribution is -0.149. The van der Waals surface area contributed by atoms with Crippen molar-refractivity contribution in [2.75, 3.05) is 0 Å². The van der Waals surface area contributed by atoms with Crippen molar-refractivity contribution in [3.05, 3.63) is 65.7 Å². The van der Waals surface area contributed by atoms with E-state index in [0.717, 1.165) is 11.1 Å². The Kier molecular flexibility index (Phi) is 4.25. The molecule has 0 amide bonds. The summed E-state index contributed by atoms with van der Waals surface area (Å²) >= 11 is 0. The Morgan fingerprint density at radius 3 is 2.21 bits per heavy atom. The van der Waals surface area contributed by atoms with Crippen LogP contribution in [0.25, 0.3) is 0 Å². The second kappa shape index (κ2) is 6.35. The monoisotopic (exact) mass is 326 g/mol. The molecule has 24 heavy (non-hydrogen) atoms. The van der Waals surface area contributed by atoms with Gasteiger partial charge in [-0.15, -0.1) is 0 Å².